The van der Waals surface area contributed by atoms with Gasteiger partial charge in [0.1, 0.15) is 22.9 Å². The van der Waals surface area contributed by atoms with Gasteiger partial charge >= 0.3 is 0 Å². The van der Waals surface area contributed by atoms with Crippen LogP contribution >= 0.6 is 0 Å². The molecule has 11 aromatic rings. The molecule has 1 aliphatic heterocycles. The summed E-state index contributed by atoms with van der Waals surface area (Å²) < 4.78 is 11.8. The predicted octanol–water partition coefficient (Wildman–Crippen LogP) is 12.6. The molecule has 5 heterocycles. The van der Waals surface area contributed by atoms with E-state index in [4.69, 9.17) is 9.41 Å². The van der Waals surface area contributed by atoms with Gasteiger partial charge in [0, 0.05) is 43.6 Å². The molecule has 0 bridgehead atoms. The number of furan rings is 1. The molecule has 0 amide bonds. The Bertz CT molecular complexity index is 3250. The van der Waals surface area contributed by atoms with Gasteiger partial charge in [0.15, 0.2) is 0 Å². The fourth-order valence-corrected chi connectivity index (χ4v) is 9.60. The van der Waals surface area contributed by atoms with Crippen molar-refractivity contribution in [2.24, 2.45) is 10.9 Å². The molecule has 4 nitrogen and oxygen atoms in total. The van der Waals surface area contributed by atoms with Crippen LogP contribution in [0.3, 0.4) is 0 Å². The minimum atomic E-state index is 0.0144. The lowest BCUT2D eigenvalue weighted by atomic mass is 9.79. The van der Waals surface area contributed by atoms with E-state index in [1.54, 1.807) is 0 Å². The zero-order valence-electron chi connectivity index (χ0n) is 28.0. The van der Waals surface area contributed by atoms with Crippen molar-refractivity contribution >= 4 is 93.2 Å². The minimum Gasteiger partial charge on any atom is -0.458 e. The van der Waals surface area contributed by atoms with E-state index in [0.29, 0.717) is 0 Å². The molecule has 4 heteroatoms. The van der Waals surface area contributed by atoms with Crippen LogP contribution in [0, 0.1) is 5.92 Å². The summed E-state index contributed by atoms with van der Waals surface area (Å²) in [5.41, 5.74) is 9.25. The van der Waals surface area contributed by atoms with E-state index in [1.807, 2.05) is 0 Å². The van der Waals surface area contributed by atoms with Gasteiger partial charge in [0.25, 0.3) is 0 Å². The first-order valence-electron chi connectivity index (χ1n) is 18.0. The quantitative estimate of drug-likeness (QED) is 0.183. The minimum absolute atomic E-state index is 0.0144. The molecular formula is C47H31N3O. The van der Waals surface area contributed by atoms with Gasteiger partial charge in [-0.2, -0.15) is 0 Å². The first kappa shape index (κ1) is 27.4. The molecule has 240 valence electrons. The highest BCUT2D eigenvalue weighted by Gasteiger charge is 2.39. The summed E-state index contributed by atoms with van der Waals surface area (Å²) in [5.74, 6) is 2.12. The van der Waals surface area contributed by atoms with Gasteiger partial charge in [0.05, 0.1) is 33.5 Å². The molecular weight excluding hydrogens is 623 g/mol. The van der Waals surface area contributed by atoms with Crippen LogP contribution < -0.4 is 0 Å². The summed E-state index contributed by atoms with van der Waals surface area (Å²) >= 11 is 0. The third kappa shape index (κ3) is 3.42. The summed E-state index contributed by atoms with van der Waals surface area (Å²) in [6, 6.07) is 53.0. The molecule has 0 radical (unpaired) electrons. The Labute approximate surface area is 292 Å². The molecule has 12 rings (SSSR count). The average Bonchev–Trinajstić information content (AvgIpc) is 3.92. The molecule has 2 atom stereocenters. The van der Waals surface area contributed by atoms with Crippen molar-refractivity contribution in [1.29, 1.82) is 0 Å². The molecule has 0 saturated carbocycles. The maximum atomic E-state index is 6.75. The van der Waals surface area contributed by atoms with Crippen LogP contribution in [0.15, 0.2) is 155 Å². The normalized spacial score (nSPS) is 16.5. The van der Waals surface area contributed by atoms with E-state index in [-0.39, 0.29) is 11.8 Å². The van der Waals surface area contributed by atoms with E-state index in [9.17, 15) is 0 Å². The van der Waals surface area contributed by atoms with E-state index < -0.39 is 0 Å². The molecule has 0 aliphatic carbocycles. The molecule has 51 heavy (non-hydrogen) atoms. The third-order valence-corrected chi connectivity index (χ3v) is 11.7. The SMILES string of the molecule is CCC1C(n2c3ccc4ccccc4c3c3c4c5ccccc5n5c6ccccc6c(cc32)c45)=Nc2c(oc3ccccc23)C1c1ccccc1. The van der Waals surface area contributed by atoms with Gasteiger partial charge < -0.3 is 8.82 Å². The second-order valence-corrected chi connectivity index (χ2v) is 14.1. The summed E-state index contributed by atoms with van der Waals surface area (Å²) in [6.07, 6.45) is 0.904. The van der Waals surface area contributed by atoms with Crippen LogP contribution in [0.5, 0.6) is 0 Å². The fraction of sp³-hybridized carbons (Fsp3) is 0.0851. The largest absolute Gasteiger partial charge is 0.458 e. The molecule has 2 unspecified atom stereocenters. The summed E-state index contributed by atoms with van der Waals surface area (Å²) in [7, 11) is 0. The van der Waals surface area contributed by atoms with Gasteiger partial charge in [-0.15, -0.1) is 0 Å². The highest BCUT2D eigenvalue weighted by atomic mass is 16.3. The number of para-hydroxylation sites is 3. The first-order valence-corrected chi connectivity index (χ1v) is 18.0. The van der Waals surface area contributed by atoms with Crippen molar-refractivity contribution in [2.75, 3.05) is 0 Å². The zero-order valence-corrected chi connectivity index (χ0v) is 28.0. The zero-order chi connectivity index (χ0) is 33.4. The summed E-state index contributed by atoms with van der Waals surface area (Å²) in [6.45, 7) is 2.30. The third-order valence-electron chi connectivity index (χ3n) is 11.7. The van der Waals surface area contributed by atoms with Gasteiger partial charge in [-0.3, -0.25) is 4.57 Å². The second kappa shape index (κ2) is 9.86. The number of hydrogen-bond donors (Lipinski definition) is 0. The van der Waals surface area contributed by atoms with Crippen LogP contribution in [-0.2, 0) is 0 Å². The maximum Gasteiger partial charge on any atom is 0.139 e. The maximum absolute atomic E-state index is 6.75. The lowest BCUT2D eigenvalue weighted by molar-refractivity contribution is 0.454. The van der Waals surface area contributed by atoms with E-state index in [1.165, 1.54) is 76.2 Å². The monoisotopic (exact) mass is 653 g/mol. The van der Waals surface area contributed by atoms with Gasteiger partial charge in [-0.25, -0.2) is 4.99 Å². The number of benzene rings is 7. The number of rotatable bonds is 2. The van der Waals surface area contributed by atoms with Crippen molar-refractivity contribution in [1.82, 2.24) is 8.97 Å². The van der Waals surface area contributed by atoms with Crippen LogP contribution in [0.1, 0.15) is 30.6 Å². The topological polar surface area (TPSA) is 34.8 Å². The van der Waals surface area contributed by atoms with Crippen LogP contribution in [0.2, 0.25) is 0 Å². The summed E-state index contributed by atoms with van der Waals surface area (Å²) in [4.78, 5) is 5.71. The molecule has 0 fully saturated rings. The first-order chi connectivity index (χ1) is 25.3. The Morgan fingerprint density at radius 1 is 0.569 bits per heavy atom. The van der Waals surface area contributed by atoms with Crippen LogP contribution in [0.4, 0.5) is 5.69 Å². The number of aromatic nitrogens is 2. The molecule has 4 aromatic heterocycles. The second-order valence-electron chi connectivity index (χ2n) is 14.1. The smallest absolute Gasteiger partial charge is 0.139 e. The van der Waals surface area contributed by atoms with Gasteiger partial charge in [0.2, 0.25) is 0 Å². The van der Waals surface area contributed by atoms with Crippen molar-refractivity contribution in [3.05, 3.63) is 157 Å². The van der Waals surface area contributed by atoms with Crippen molar-refractivity contribution in [3.8, 4) is 0 Å². The number of fused-ring (bicyclic) bond motifs is 15. The molecule has 0 N–H and O–H groups in total. The number of nitrogens with zero attached hydrogens (tertiary/aromatic N) is 3. The lowest BCUT2D eigenvalue weighted by Crippen LogP contribution is -2.30. The Balaban J connectivity index is 1.32. The lowest BCUT2D eigenvalue weighted by Gasteiger charge is -2.31. The highest BCUT2D eigenvalue weighted by Crippen LogP contribution is 2.52. The van der Waals surface area contributed by atoms with E-state index in [2.05, 4.69) is 161 Å². The Hall–Kier alpha value is -6.39. The Morgan fingerprint density at radius 3 is 2.08 bits per heavy atom. The van der Waals surface area contributed by atoms with E-state index >= 15 is 0 Å². The van der Waals surface area contributed by atoms with Gasteiger partial charge in [-0.05, 0) is 59.2 Å². The fourth-order valence-electron chi connectivity index (χ4n) is 9.60. The molecule has 0 spiro atoms. The number of aliphatic imine (C=N–C) groups is 1. The summed E-state index contributed by atoms with van der Waals surface area (Å²) in [5, 5.41) is 11.3. The van der Waals surface area contributed by atoms with Crippen molar-refractivity contribution in [3.63, 3.8) is 0 Å². The molecule has 7 aromatic carbocycles. The molecule has 0 saturated heterocycles. The van der Waals surface area contributed by atoms with E-state index in [0.717, 1.165) is 34.7 Å². The highest BCUT2D eigenvalue weighted by molar-refractivity contribution is 6.39. The van der Waals surface area contributed by atoms with Crippen molar-refractivity contribution < 1.29 is 4.42 Å². The van der Waals surface area contributed by atoms with Gasteiger partial charge in [-0.1, -0.05) is 116 Å². The Kier molecular flexibility index (Phi) is 5.30. The predicted molar refractivity (Wildman–Crippen MR) is 212 cm³/mol. The number of hydrogen-bond acceptors (Lipinski definition) is 2. The molecule has 1 aliphatic rings. The van der Waals surface area contributed by atoms with Crippen LogP contribution in [-0.4, -0.2) is 14.8 Å². The van der Waals surface area contributed by atoms with Crippen LogP contribution in [0.25, 0.3) is 81.6 Å². The Morgan fingerprint density at radius 2 is 1.25 bits per heavy atom. The average molecular weight is 654 g/mol. The standard InChI is InChI=1S/C47H31N3O/c1-2-29-40(28-15-4-3-5-16-28)46-44(33-20-10-13-23-39(33)51-46)48-47(29)50-37-25-24-27-14-6-7-17-30(27)41(37)43-38(50)26-34-31-18-8-11-21-35(31)49-36-22-12-9-19-32(36)42(43)45(34)49/h3-26,29,40H,2H2,1H3. The van der Waals surface area contributed by atoms with Crippen molar-refractivity contribution in [2.45, 2.75) is 19.3 Å².